The predicted molar refractivity (Wildman–Crippen MR) is 85.6 cm³/mol. The predicted octanol–water partition coefficient (Wildman–Crippen LogP) is 2.93. The molecule has 0 bridgehead atoms. The summed E-state index contributed by atoms with van der Waals surface area (Å²) in [6.45, 7) is 2.41. The first kappa shape index (κ1) is 14.9. The van der Waals surface area contributed by atoms with Gasteiger partial charge in [-0.3, -0.25) is 9.69 Å². The van der Waals surface area contributed by atoms with Crippen LogP contribution in [0.15, 0.2) is 36.4 Å². The van der Waals surface area contributed by atoms with Gasteiger partial charge >= 0.3 is 5.97 Å². The largest absolute Gasteiger partial charge is 0.508 e. The summed E-state index contributed by atoms with van der Waals surface area (Å²) in [4.78, 5) is 13.9. The summed E-state index contributed by atoms with van der Waals surface area (Å²) >= 11 is 0. The van der Waals surface area contributed by atoms with Gasteiger partial charge in [0, 0.05) is 12.1 Å². The van der Waals surface area contributed by atoms with Crippen LogP contribution < -0.4 is 0 Å². The maximum Gasteiger partial charge on any atom is 0.308 e. The SMILES string of the molecule is COC(=O)C1CCN(Cc2c(O)ccc3ccccc23)CC1. The summed E-state index contributed by atoms with van der Waals surface area (Å²) in [6.07, 6.45) is 1.64. The van der Waals surface area contributed by atoms with Crippen LogP contribution in [0.2, 0.25) is 0 Å². The molecular formula is C18H21NO3. The van der Waals surface area contributed by atoms with Crippen LogP contribution in [0.25, 0.3) is 10.8 Å². The molecule has 2 aromatic carbocycles. The van der Waals surface area contributed by atoms with Gasteiger partial charge in [0.05, 0.1) is 13.0 Å². The molecule has 4 heteroatoms. The number of ether oxygens (including phenoxy) is 1. The molecule has 0 unspecified atom stereocenters. The van der Waals surface area contributed by atoms with E-state index in [4.69, 9.17) is 4.74 Å². The number of rotatable bonds is 3. The van der Waals surface area contributed by atoms with E-state index >= 15 is 0 Å². The summed E-state index contributed by atoms with van der Waals surface area (Å²) < 4.78 is 4.82. The average Bonchev–Trinajstić information content (AvgIpc) is 2.57. The monoisotopic (exact) mass is 299 g/mol. The topological polar surface area (TPSA) is 49.8 Å². The fraction of sp³-hybridized carbons (Fsp3) is 0.389. The molecule has 1 aliphatic heterocycles. The molecule has 116 valence electrons. The lowest BCUT2D eigenvalue weighted by Gasteiger charge is -2.31. The summed E-state index contributed by atoms with van der Waals surface area (Å²) in [5.74, 6) is 0.254. The van der Waals surface area contributed by atoms with Gasteiger partial charge in [0.15, 0.2) is 0 Å². The van der Waals surface area contributed by atoms with Crippen molar-refractivity contribution in [2.75, 3.05) is 20.2 Å². The second kappa shape index (κ2) is 6.36. The van der Waals surface area contributed by atoms with E-state index in [1.165, 1.54) is 7.11 Å². The van der Waals surface area contributed by atoms with Crippen LogP contribution in [0.3, 0.4) is 0 Å². The third-order valence-electron chi connectivity index (χ3n) is 4.52. The van der Waals surface area contributed by atoms with Gasteiger partial charge in [-0.1, -0.05) is 30.3 Å². The minimum atomic E-state index is -0.104. The molecule has 0 radical (unpaired) electrons. The maximum atomic E-state index is 11.6. The van der Waals surface area contributed by atoms with Crippen LogP contribution in [0.1, 0.15) is 18.4 Å². The van der Waals surface area contributed by atoms with Crippen molar-refractivity contribution in [2.24, 2.45) is 5.92 Å². The van der Waals surface area contributed by atoms with Gasteiger partial charge in [-0.2, -0.15) is 0 Å². The highest BCUT2D eigenvalue weighted by Gasteiger charge is 2.26. The summed E-state index contributed by atoms with van der Waals surface area (Å²) in [5.41, 5.74) is 0.967. The Morgan fingerprint density at radius 1 is 1.23 bits per heavy atom. The van der Waals surface area contributed by atoms with Crippen molar-refractivity contribution in [1.29, 1.82) is 0 Å². The van der Waals surface area contributed by atoms with Crippen LogP contribution >= 0.6 is 0 Å². The molecule has 3 rings (SSSR count). The highest BCUT2D eigenvalue weighted by atomic mass is 16.5. The van der Waals surface area contributed by atoms with Gasteiger partial charge < -0.3 is 9.84 Å². The zero-order valence-corrected chi connectivity index (χ0v) is 12.8. The summed E-state index contributed by atoms with van der Waals surface area (Å²) in [5, 5.41) is 12.5. The number of nitrogens with zero attached hydrogens (tertiary/aromatic N) is 1. The fourth-order valence-electron chi connectivity index (χ4n) is 3.21. The van der Waals surface area contributed by atoms with Crippen LogP contribution in [0, 0.1) is 5.92 Å². The van der Waals surface area contributed by atoms with Crippen molar-refractivity contribution in [3.8, 4) is 5.75 Å². The Kier molecular flexibility index (Phi) is 4.29. The molecule has 0 aromatic heterocycles. The van der Waals surface area contributed by atoms with Crippen molar-refractivity contribution < 1.29 is 14.6 Å². The highest BCUT2D eigenvalue weighted by molar-refractivity contribution is 5.87. The Balaban J connectivity index is 1.75. The van der Waals surface area contributed by atoms with Gasteiger partial charge in [-0.15, -0.1) is 0 Å². The molecule has 0 aliphatic carbocycles. The Hall–Kier alpha value is -2.07. The molecule has 2 aromatic rings. The molecule has 0 saturated carbocycles. The van der Waals surface area contributed by atoms with Crippen molar-refractivity contribution >= 4 is 16.7 Å². The average molecular weight is 299 g/mol. The van der Waals surface area contributed by atoms with Gasteiger partial charge in [0.2, 0.25) is 0 Å². The second-order valence-electron chi connectivity index (χ2n) is 5.86. The van der Waals surface area contributed by atoms with E-state index in [1.54, 1.807) is 6.07 Å². The third kappa shape index (κ3) is 2.92. The minimum absolute atomic E-state index is 0.0161. The van der Waals surface area contributed by atoms with E-state index in [1.807, 2.05) is 24.3 Å². The highest BCUT2D eigenvalue weighted by Crippen LogP contribution is 2.29. The first-order valence-electron chi connectivity index (χ1n) is 7.69. The molecule has 1 heterocycles. The fourth-order valence-corrected chi connectivity index (χ4v) is 3.21. The van der Waals surface area contributed by atoms with E-state index in [-0.39, 0.29) is 11.9 Å². The number of esters is 1. The first-order chi connectivity index (χ1) is 10.7. The number of piperidine rings is 1. The van der Waals surface area contributed by atoms with Gasteiger partial charge in [-0.05, 0) is 42.8 Å². The maximum absolute atomic E-state index is 11.6. The summed E-state index contributed by atoms with van der Waals surface area (Å²) in [7, 11) is 1.45. The van der Waals surface area contributed by atoms with Gasteiger partial charge in [0.1, 0.15) is 5.75 Å². The molecule has 22 heavy (non-hydrogen) atoms. The number of hydrogen-bond donors (Lipinski definition) is 1. The van der Waals surface area contributed by atoms with E-state index < -0.39 is 0 Å². The van der Waals surface area contributed by atoms with Crippen molar-refractivity contribution in [3.05, 3.63) is 42.0 Å². The third-order valence-corrected chi connectivity index (χ3v) is 4.52. The van der Waals surface area contributed by atoms with E-state index in [0.717, 1.165) is 42.3 Å². The van der Waals surface area contributed by atoms with E-state index in [2.05, 4.69) is 11.0 Å². The number of likely N-dealkylation sites (tertiary alicyclic amines) is 1. The number of phenolic OH excluding ortho intramolecular Hbond substituents is 1. The Morgan fingerprint density at radius 3 is 2.68 bits per heavy atom. The minimum Gasteiger partial charge on any atom is -0.508 e. The quantitative estimate of drug-likeness (QED) is 0.885. The normalized spacial score (nSPS) is 16.8. The number of carbonyl (C=O) groups excluding carboxylic acids is 1. The van der Waals surface area contributed by atoms with Crippen LogP contribution in [0.4, 0.5) is 0 Å². The number of aromatic hydroxyl groups is 1. The molecule has 0 amide bonds. The smallest absolute Gasteiger partial charge is 0.308 e. The first-order valence-corrected chi connectivity index (χ1v) is 7.69. The van der Waals surface area contributed by atoms with Crippen LogP contribution in [0.5, 0.6) is 5.75 Å². The second-order valence-corrected chi connectivity index (χ2v) is 5.86. The molecule has 4 nitrogen and oxygen atoms in total. The van der Waals surface area contributed by atoms with Crippen molar-refractivity contribution in [1.82, 2.24) is 4.90 Å². The van der Waals surface area contributed by atoms with E-state index in [0.29, 0.717) is 12.3 Å². The molecular weight excluding hydrogens is 278 g/mol. The van der Waals surface area contributed by atoms with Crippen molar-refractivity contribution in [3.63, 3.8) is 0 Å². The molecule has 1 saturated heterocycles. The molecule has 1 fully saturated rings. The Bertz CT molecular complexity index is 675. The molecule has 1 N–H and O–H groups in total. The zero-order chi connectivity index (χ0) is 15.5. The molecule has 0 atom stereocenters. The van der Waals surface area contributed by atoms with Crippen LogP contribution in [-0.4, -0.2) is 36.2 Å². The van der Waals surface area contributed by atoms with Crippen molar-refractivity contribution in [2.45, 2.75) is 19.4 Å². The lowest BCUT2D eigenvalue weighted by molar-refractivity contribution is -0.147. The Morgan fingerprint density at radius 2 is 1.95 bits per heavy atom. The number of hydrogen-bond acceptors (Lipinski definition) is 4. The van der Waals surface area contributed by atoms with Gasteiger partial charge in [-0.25, -0.2) is 0 Å². The Labute approximate surface area is 130 Å². The lowest BCUT2D eigenvalue weighted by Crippen LogP contribution is -2.36. The van der Waals surface area contributed by atoms with E-state index in [9.17, 15) is 9.90 Å². The molecule has 1 aliphatic rings. The number of phenols is 1. The number of benzene rings is 2. The summed E-state index contributed by atoms with van der Waals surface area (Å²) in [6, 6.07) is 11.8. The zero-order valence-electron chi connectivity index (χ0n) is 12.8. The van der Waals surface area contributed by atoms with Gasteiger partial charge in [0.25, 0.3) is 0 Å². The number of fused-ring (bicyclic) bond motifs is 1. The molecule has 0 spiro atoms. The number of methoxy groups -OCH3 is 1. The standard InChI is InChI=1S/C18H21NO3/c1-22-18(21)14-8-10-19(11-9-14)12-16-15-5-3-2-4-13(15)6-7-17(16)20/h2-7,14,20H,8-12H2,1H3. The van der Waals surface area contributed by atoms with Crippen LogP contribution in [-0.2, 0) is 16.1 Å². The number of carbonyl (C=O) groups is 1. The lowest BCUT2D eigenvalue weighted by atomic mass is 9.96.